The summed E-state index contributed by atoms with van der Waals surface area (Å²) < 4.78 is 26.4. The van der Waals surface area contributed by atoms with E-state index in [-0.39, 0.29) is 0 Å². The molecule has 0 atom stereocenters. The smallest absolute Gasteiger partial charge is 0.211 e. The third kappa shape index (κ3) is 3.49. The van der Waals surface area contributed by atoms with Gasteiger partial charge in [-0.15, -0.1) is 0 Å². The standard InChI is InChI=1S/C13H20N4O2S/c1-3-16(20(2,18)19)10-5-8-14-12-6-4-7-13-15-9-11-17(12)13/h4,6-7,9,11,14H,3,5,8,10H2,1-2H3. The van der Waals surface area contributed by atoms with E-state index in [4.69, 9.17) is 0 Å². The Balaban J connectivity index is 1.89. The van der Waals surface area contributed by atoms with Crippen molar-refractivity contribution in [3.05, 3.63) is 30.6 Å². The predicted octanol–water partition coefficient (Wildman–Crippen LogP) is 1.42. The monoisotopic (exact) mass is 296 g/mol. The van der Waals surface area contributed by atoms with Gasteiger partial charge in [0.1, 0.15) is 11.5 Å². The van der Waals surface area contributed by atoms with Gasteiger partial charge in [-0.05, 0) is 18.6 Å². The molecule has 0 radical (unpaired) electrons. The van der Waals surface area contributed by atoms with E-state index in [0.29, 0.717) is 19.6 Å². The first-order valence-corrected chi connectivity index (χ1v) is 8.48. The first kappa shape index (κ1) is 14.8. The molecule has 0 saturated heterocycles. The van der Waals surface area contributed by atoms with Gasteiger partial charge < -0.3 is 5.32 Å². The van der Waals surface area contributed by atoms with Gasteiger partial charge in [0.05, 0.1) is 6.26 Å². The van der Waals surface area contributed by atoms with Crippen molar-refractivity contribution in [1.82, 2.24) is 13.7 Å². The van der Waals surface area contributed by atoms with Crippen molar-refractivity contribution in [2.75, 3.05) is 31.2 Å². The van der Waals surface area contributed by atoms with Gasteiger partial charge in [-0.3, -0.25) is 4.40 Å². The van der Waals surface area contributed by atoms with E-state index >= 15 is 0 Å². The molecule has 2 aromatic rings. The minimum atomic E-state index is -3.10. The molecule has 0 unspecified atom stereocenters. The van der Waals surface area contributed by atoms with Gasteiger partial charge in [0, 0.05) is 32.0 Å². The van der Waals surface area contributed by atoms with E-state index in [1.807, 2.05) is 35.7 Å². The molecule has 110 valence electrons. The zero-order valence-corrected chi connectivity index (χ0v) is 12.6. The minimum Gasteiger partial charge on any atom is -0.371 e. The van der Waals surface area contributed by atoms with Crippen LogP contribution in [0.3, 0.4) is 0 Å². The molecule has 0 spiro atoms. The molecule has 0 saturated carbocycles. The summed E-state index contributed by atoms with van der Waals surface area (Å²) in [6.45, 7) is 3.60. The average molecular weight is 296 g/mol. The Labute approximate surface area is 119 Å². The van der Waals surface area contributed by atoms with E-state index < -0.39 is 10.0 Å². The second-order valence-electron chi connectivity index (χ2n) is 4.60. The highest BCUT2D eigenvalue weighted by molar-refractivity contribution is 7.88. The van der Waals surface area contributed by atoms with Crippen LogP contribution in [0, 0.1) is 0 Å². The van der Waals surface area contributed by atoms with Crippen molar-refractivity contribution < 1.29 is 8.42 Å². The first-order chi connectivity index (χ1) is 9.52. The van der Waals surface area contributed by atoms with Crippen molar-refractivity contribution >= 4 is 21.5 Å². The number of sulfonamides is 1. The summed E-state index contributed by atoms with van der Waals surface area (Å²) in [5, 5.41) is 3.31. The zero-order valence-electron chi connectivity index (χ0n) is 11.8. The fourth-order valence-corrected chi connectivity index (χ4v) is 3.05. The molecular formula is C13H20N4O2S. The van der Waals surface area contributed by atoms with Gasteiger partial charge in [-0.25, -0.2) is 17.7 Å². The van der Waals surface area contributed by atoms with Crippen molar-refractivity contribution in [3.63, 3.8) is 0 Å². The predicted molar refractivity (Wildman–Crippen MR) is 80.4 cm³/mol. The first-order valence-electron chi connectivity index (χ1n) is 6.63. The number of imidazole rings is 1. The molecule has 0 bridgehead atoms. The summed E-state index contributed by atoms with van der Waals surface area (Å²) in [6.07, 6.45) is 5.65. The Morgan fingerprint density at radius 2 is 2.20 bits per heavy atom. The number of pyridine rings is 1. The quantitative estimate of drug-likeness (QED) is 0.785. The molecule has 7 heteroatoms. The number of hydrogen-bond donors (Lipinski definition) is 1. The van der Waals surface area contributed by atoms with Crippen LogP contribution in [0.2, 0.25) is 0 Å². The minimum absolute atomic E-state index is 0.510. The summed E-state index contributed by atoms with van der Waals surface area (Å²) in [5.74, 6) is 0.961. The van der Waals surface area contributed by atoms with Gasteiger partial charge in [0.2, 0.25) is 10.0 Å². The Bertz CT molecular complexity index is 666. The Hall–Kier alpha value is -1.60. The van der Waals surface area contributed by atoms with Gasteiger partial charge in [-0.2, -0.15) is 0 Å². The summed E-state index contributed by atoms with van der Waals surface area (Å²) >= 11 is 0. The van der Waals surface area contributed by atoms with Crippen LogP contribution in [0.5, 0.6) is 0 Å². The van der Waals surface area contributed by atoms with Gasteiger partial charge in [0.25, 0.3) is 0 Å². The van der Waals surface area contributed by atoms with E-state index in [0.717, 1.165) is 17.9 Å². The van der Waals surface area contributed by atoms with Crippen LogP contribution < -0.4 is 5.32 Å². The highest BCUT2D eigenvalue weighted by Crippen LogP contribution is 2.10. The molecule has 0 aliphatic carbocycles. The van der Waals surface area contributed by atoms with E-state index in [1.165, 1.54) is 10.6 Å². The van der Waals surface area contributed by atoms with Gasteiger partial charge in [-0.1, -0.05) is 13.0 Å². The largest absolute Gasteiger partial charge is 0.371 e. The van der Waals surface area contributed by atoms with E-state index in [1.54, 1.807) is 6.20 Å². The van der Waals surface area contributed by atoms with Crippen LogP contribution in [0.4, 0.5) is 5.82 Å². The summed E-state index contributed by atoms with van der Waals surface area (Å²) in [4.78, 5) is 4.22. The van der Waals surface area contributed by atoms with Crippen molar-refractivity contribution in [1.29, 1.82) is 0 Å². The maximum atomic E-state index is 11.5. The van der Waals surface area contributed by atoms with Crippen LogP contribution in [0.1, 0.15) is 13.3 Å². The molecule has 0 aromatic carbocycles. The van der Waals surface area contributed by atoms with Crippen LogP contribution in [-0.4, -0.2) is 48.0 Å². The fraction of sp³-hybridized carbons (Fsp3) is 0.462. The number of fused-ring (bicyclic) bond motifs is 1. The maximum absolute atomic E-state index is 11.5. The molecule has 2 heterocycles. The van der Waals surface area contributed by atoms with Gasteiger partial charge in [0.15, 0.2) is 0 Å². The van der Waals surface area contributed by atoms with E-state index in [2.05, 4.69) is 10.3 Å². The van der Waals surface area contributed by atoms with Crippen LogP contribution >= 0.6 is 0 Å². The Morgan fingerprint density at radius 1 is 1.40 bits per heavy atom. The number of anilines is 1. The lowest BCUT2D eigenvalue weighted by molar-refractivity contribution is 0.428. The molecule has 2 aromatic heterocycles. The summed E-state index contributed by atoms with van der Waals surface area (Å²) in [7, 11) is -3.10. The normalized spacial score (nSPS) is 12.2. The van der Waals surface area contributed by atoms with Crippen molar-refractivity contribution in [2.24, 2.45) is 0 Å². The third-order valence-corrected chi connectivity index (χ3v) is 4.52. The molecule has 0 aliphatic heterocycles. The molecule has 1 N–H and O–H groups in total. The lowest BCUT2D eigenvalue weighted by Crippen LogP contribution is -2.31. The van der Waals surface area contributed by atoms with E-state index in [9.17, 15) is 8.42 Å². The number of nitrogens with one attached hydrogen (secondary N) is 1. The van der Waals surface area contributed by atoms with Gasteiger partial charge >= 0.3 is 0 Å². The molecule has 20 heavy (non-hydrogen) atoms. The van der Waals surface area contributed by atoms with Crippen LogP contribution in [0.25, 0.3) is 5.65 Å². The number of aromatic nitrogens is 2. The number of nitrogens with zero attached hydrogens (tertiary/aromatic N) is 3. The molecule has 0 aliphatic rings. The zero-order chi connectivity index (χ0) is 14.6. The maximum Gasteiger partial charge on any atom is 0.211 e. The molecule has 2 rings (SSSR count). The van der Waals surface area contributed by atoms with Crippen molar-refractivity contribution in [2.45, 2.75) is 13.3 Å². The topological polar surface area (TPSA) is 66.7 Å². The van der Waals surface area contributed by atoms with Crippen LogP contribution in [-0.2, 0) is 10.0 Å². The average Bonchev–Trinajstić information content (AvgIpc) is 2.86. The Morgan fingerprint density at radius 3 is 2.90 bits per heavy atom. The second-order valence-corrected chi connectivity index (χ2v) is 6.58. The fourth-order valence-electron chi connectivity index (χ4n) is 2.12. The Kier molecular flexibility index (Phi) is 4.61. The highest BCUT2D eigenvalue weighted by atomic mass is 32.2. The third-order valence-electron chi connectivity index (χ3n) is 3.14. The number of rotatable bonds is 7. The lowest BCUT2D eigenvalue weighted by Gasteiger charge is -2.18. The number of hydrogen-bond acceptors (Lipinski definition) is 4. The highest BCUT2D eigenvalue weighted by Gasteiger charge is 2.13. The summed E-state index contributed by atoms with van der Waals surface area (Å²) in [5.41, 5.74) is 0.890. The SMILES string of the molecule is CCN(CCCNc1cccc2nccn12)S(C)(=O)=O. The van der Waals surface area contributed by atoms with Crippen LogP contribution in [0.15, 0.2) is 30.6 Å². The lowest BCUT2D eigenvalue weighted by atomic mass is 10.4. The summed E-state index contributed by atoms with van der Waals surface area (Å²) in [6, 6.07) is 5.86. The second kappa shape index (κ2) is 6.23. The molecule has 0 fully saturated rings. The molecular weight excluding hydrogens is 276 g/mol. The molecule has 6 nitrogen and oxygen atoms in total. The molecule has 0 amide bonds. The van der Waals surface area contributed by atoms with Crippen molar-refractivity contribution in [3.8, 4) is 0 Å².